The number of esters is 1. The van der Waals surface area contributed by atoms with Crippen LogP contribution in [0.15, 0.2) is 36.0 Å². The molecule has 2 aromatic heterocycles. The summed E-state index contributed by atoms with van der Waals surface area (Å²) in [5, 5.41) is 5.42. The quantitative estimate of drug-likeness (QED) is 0.688. The molecule has 0 amide bonds. The number of carbonyl (C=O) groups is 1. The lowest BCUT2D eigenvalue weighted by Crippen LogP contribution is -2.07. The van der Waals surface area contributed by atoms with Gasteiger partial charge in [0.05, 0.1) is 17.6 Å². The van der Waals surface area contributed by atoms with Gasteiger partial charge in [0.1, 0.15) is 0 Å². The average molecular weight is 273 g/mol. The minimum atomic E-state index is -0.362. The monoisotopic (exact) mass is 273 g/mol. The third-order valence-electron chi connectivity index (χ3n) is 2.64. The molecular formula is C13H11N3O2S. The van der Waals surface area contributed by atoms with Crippen LogP contribution in [0.3, 0.4) is 0 Å². The number of fused-ring (bicyclic) bond motifs is 1. The molecule has 96 valence electrons. The first-order valence-electron chi connectivity index (χ1n) is 5.85. The maximum absolute atomic E-state index is 11.8. The average Bonchev–Trinajstić information content (AvgIpc) is 3.05. The molecule has 3 aromatic rings. The first-order chi connectivity index (χ1) is 9.29. The van der Waals surface area contributed by atoms with Gasteiger partial charge in [0.2, 0.25) is 0 Å². The van der Waals surface area contributed by atoms with E-state index in [0.717, 1.165) is 10.9 Å². The Morgan fingerprint density at radius 1 is 1.42 bits per heavy atom. The van der Waals surface area contributed by atoms with Crippen molar-refractivity contribution in [2.24, 2.45) is 0 Å². The lowest BCUT2D eigenvalue weighted by Gasteiger charge is -2.01. The fraction of sp³-hybridized carbons (Fsp3) is 0.154. The van der Waals surface area contributed by atoms with Gasteiger partial charge in [-0.1, -0.05) is 18.2 Å². The van der Waals surface area contributed by atoms with Crippen LogP contribution >= 0.6 is 11.3 Å². The zero-order valence-electron chi connectivity index (χ0n) is 10.2. The largest absolute Gasteiger partial charge is 0.462 e. The molecule has 1 aromatic carbocycles. The SMILES string of the molecule is CCOC(=O)c1scnc1-n1cc2ccccc2n1. The second-order valence-corrected chi connectivity index (χ2v) is 4.71. The number of aromatic nitrogens is 3. The van der Waals surface area contributed by atoms with E-state index in [9.17, 15) is 4.79 Å². The number of carbonyl (C=O) groups excluding carboxylic acids is 1. The minimum absolute atomic E-state index is 0.345. The number of ether oxygens (including phenoxy) is 1. The molecule has 0 aliphatic heterocycles. The van der Waals surface area contributed by atoms with Gasteiger partial charge in [-0.3, -0.25) is 0 Å². The second-order valence-electron chi connectivity index (χ2n) is 3.86. The standard InChI is InChI=1S/C13H11N3O2S/c1-2-18-13(17)11-12(14-8-19-11)16-7-9-5-3-4-6-10(9)15-16/h3-8H,2H2,1H3. The Morgan fingerprint density at radius 2 is 2.26 bits per heavy atom. The van der Waals surface area contributed by atoms with E-state index in [1.54, 1.807) is 17.1 Å². The second kappa shape index (κ2) is 4.81. The van der Waals surface area contributed by atoms with Gasteiger partial charge in [0, 0.05) is 11.6 Å². The van der Waals surface area contributed by atoms with Crippen molar-refractivity contribution < 1.29 is 9.53 Å². The van der Waals surface area contributed by atoms with Crippen LogP contribution in [-0.4, -0.2) is 27.3 Å². The number of rotatable bonds is 3. The number of nitrogens with zero attached hydrogens (tertiary/aromatic N) is 3. The zero-order valence-corrected chi connectivity index (χ0v) is 11.1. The van der Waals surface area contributed by atoms with E-state index in [1.807, 2.05) is 30.5 Å². The van der Waals surface area contributed by atoms with Crippen LogP contribution < -0.4 is 0 Å². The summed E-state index contributed by atoms with van der Waals surface area (Å²) in [7, 11) is 0. The van der Waals surface area contributed by atoms with Gasteiger partial charge in [0.15, 0.2) is 10.7 Å². The van der Waals surface area contributed by atoms with E-state index in [-0.39, 0.29) is 5.97 Å². The number of hydrogen-bond acceptors (Lipinski definition) is 5. The molecular weight excluding hydrogens is 262 g/mol. The van der Waals surface area contributed by atoms with E-state index >= 15 is 0 Å². The molecule has 0 N–H and O–H groups in total. The molecule has 0 saturated carbocycles. The molecule has 0 aliphatic rings. The van der Waals surface area contributed by atoms with Gasteiger partial charge < -0.3 is 4.74 Å². The highest BCUT2D eigenvalue weighted by Gasteiger charge is 2.18. The van der Waals surface area contributed by atoms with Crippen LogP contribution in [0.5, 0.6) is 0 Å². The summed E-state index contributed by atoms with van der Waals surface area (Å²) in [6, 6.07) is 7.76. The van der Waals surface area contributed by atoms with Crippen LogP contribution in [0.25, 0.3) is 16.7 Å². The lowest BCUT2D eigenvalue weighted by atomic mass is 10.3. The van der Waals surface area contributed by atoms with E-state index in [4.69, 9.17) is 4.74 Å². The highest BCUT2D eigenvalue weighted by molar-refractivity contribution is 7.12. The molecule has 0 radical (unpaired) electrons. The van der Waals surface area contributed by atoms with E-state index in [1.165, 1.54) is 11.3 Å². The predicted molar refractivity (Wildman–Crippen MR) is 72.7 cm³/mol. The van der Waals surface area contributed by atoms with Gasteiger partial charge in [-0.2, -0.15) is 5.10 Å². The summed E-state index contributed by atoms with van der Waals surface area (Å²) in [5.41, 5.74) is 2.49. The molecule has 6 heteroatoms. The molecule has 0 aliphatic carbocycles. The smallest absolute Gasteiger partial charge is 0.352 e. The van der Waals surface area contributed by atoms with Crippen LogP contribution in [0.1, 0.15) is 16.6 Å². The van der Waals surface area contributed by atoms with E-state index in [0.29, 0.717) is 17.3 Å². The van der Waals surface area contributed by atoms with Crippen molar-refractivity contribution in [3.05, 3.63) is 40.8 Å². The zero-order chi connectivity index (χ0) is 13.2. The molecule has 0 bridgehead atoms. The molecule has 0 spiro atoms. The van der Waals surface area contributed by atoms with Crippen molar-refractivity contribution in [1.29, 1.82) is 0 Å². The third kappa shape index (κ3) is 2.10. The van der Waals surface area contributed by atoms with E-state index in [2.05, 4.69) is 10.1 Å². The number of hydrogen-bond donors (Lipinski definition) is 0. The lowest BCUT2D eigenvalue weighted by molar-refractivity contribution is 0.0531. The van der Waals surface area contributed by atoms with Gasteiger partial charge >= 0.3 is 5.97 Å². The van der Waals surface area contributed by atoms with Gasteiger partial charge in [0.25, 0.3) is 0 Å². The third-order valence-corrected chi connectivity index (χ3v) is 3.44. The number of thiazole rings is 1. The molecule has 19 heavy (non-hydrogen) atoms. The van der Waals surface area contributed by atoms with Crippen molar-refractivity contribution in [1.82, 2.24) is 14.8 Å². The van der Waals surface area contributed by atoms with Crippen LogP contribution in [0, 0.1) is 0 Å². The van der Waals surface area contributed by atoms with Crippen LogP contribution in [0.4, 0.5) is 0 Å². The fourth-order valence-corrected chi connectivity index (χ4v) is 2.48. The minimum Gasteiger partial charge on any atom is -0.462 e. The summed E-state index contributed by atoms with van der Waals surface area (Å²) >= 11 is 1.26. The molecule has 0 atom stereocenters. The van der Waals surface area contributed by atoms with Crippen molar-refractivity contribution in [3.63, 3.8) is 0 Å². The maximum atomic E-state index is 11.8. The Morgan fingerprint density at radius 3 is 3.05 bits per heavy atom. The molecule has 5 nitrogen and oxygen atoms in total. The van der Waals surface area contributed by atoms with Gasteiger partial charge in [-0.25, -0.2) is 14.5 Å². The van der Waals surface area contributed by atoms with E-state index < -0.39 is 0 Å². The summed E-state index contributed by atoms with van der Waals surface area (Å²) in [4.78, 5) is 16.5. The first-order valence-corrected chi connectivity index (χ1v) is 6.73. The maximum Gasteiger partial charge on any atom is 0.352 e. The van der Waals surface area contributed by atoms with Crippen LogP contribution in [0.2, 0.25) is 0 Å². The Kier molecular flexibility index (Phi) is 3.00. The fourth-order valence-electron chi connectivity index (χ4n) is 1.81. The Balaban J connectivity index is 2.07. The van der Waals surface area contributed by atoms with Gasteiger partial charge in [-0.15, -0.1) is 11.3 Å². The van der Waals surface area contributed by atoms with Crippen molar-refractivity contribution >= 4 is 28.2 Å². The Hall–Kier alpha value is -2.21. The highest BCUT2D eigenvalue weighted by atomic mass is 32.1. The molecule has 3 rings (SSSR count). The van der Waals surface area contributed by atoms with Gasteiger partial charge in [-0.05, 0) is 13.0 Å². The molecule has 0 unspecified atom stereocenters. The Bertz CT molecular complexity index is 699. The summed E-state index contributed by atoms with van der Waals surface area (Å²) < 4.78 is 6.63. The Labute approximate surface area is 113 Å². The highest BCUT2D eigenvalue weighted by Crippen LogP contribution is 2.21. The normalized spacial score (nSPS) is 10.8. The van der Waals surface area contributed by atoms with Crippen LogP contribution in [-0.2, 0) is 4.74 Å². The summed E-state index contributed by atoms with van der Waals surface area (Å²) in [6.45, 7) is 2.12. The molecule has 0 fully saturated rings. The number of benzene rings is 1. The predicted octanol–water partition coefficient (Wildman–Crippen LogP) is 2.66. The first kappa shape index (κ1) is 11.9. The van der Waals surface area contributed by atoms with Crippen molar-refractivity contribution in [2.75, 3.05) is 6.61 Å². The summed E-state index contributed by atoms with van der Waals surface area (Å²) in [5.74, 6) is 0.152. The molecule has 2 heterocycles. The summed E-state index contributed by atoms with van der Waals surface area (Å²) in [6.07, 6.45) is 1.85. The van der Waals surface area contributed by atoms with Crippen molar-refractivity contribution in [3.8, 4) is 5.82 Å². The van der Waals surface area contributed by atoms with Crippen molar-refractivity contribution in [2.45, 2.75) is 6.92 Å². The molecule has 0 saturated heterocycles. The topological polar surface area (TPSA) is 57.0 Å².